The number of nitrogens with zero attached hydrogens (tertiary/aromatic N) is 5. The number of anilines is 1. The van der Waals surface area contributed by atoms with Crippen LogP contribution in [0, 0.1) is 0 Å². The topological polar surface area (TPSA) is 98.6 Å². The lowest BCUT2D eigenvalue weighted by Gasteiger charge is -2.38. The largest absolute Gasteiger partial charge is 0.443 e. The fourth-order valence-corrected chi connectivity index (χ4v) is 3.82. The van der Waals surface area contributed by atoms with Crippen LogP contribution in [0.2, 0.25) is 10.0 Å². The Bertz CT molecular complexity index is 1050. The molecule has 0 atom stereocenters. The Hall–Kier alpha value is -2.58. The molecule has 3 aromatic rings. The van der Waals surface area contributed by atoms with Gasteiger partial charge in [-0.3, -0.25) is 4.40 Å². The number of rotatable bonds is 3. The van der Waals surface area contributed by atoms with E-state index in [9.17, 15) is 4.79 Å². The molecule has 1 aliphatic rings. The van der Waals surface area contributed by atoms with Gasteiger partial charge in [0.15, 0.2) is 11.6 Å². The monoisotopic (exact) mass is 420 g/mol. The minimum atomic E-state index is -0.753. The summed E-state index contributed by atoms with van der Waals surface area (Å²) in [7, 11) is 0. The zero-order valence-electron chi connectivity index (χ0n) is 15.1. The number of hydrogen-bond donors (Lipinski definition) is 1. The summed E-state index contributed by atoms with van der Waals surface area (Å²) >= 11 is 12.5. The average Bonchev–Trinajstić information content (AvgIpc) is 3.08. The molecule has 0 bridgehead atoms. The van der Waals surface area contributed by atoms with Gasteiger partial charge in [0.05, 0.1) is 10.0 Å². The van der Waals surface area contributed by atoms with Gasteiger partial charge >= 0.3 is 6.09 Å². The molecule has 0 radical (unpaired) electrons. The molecular weight excluding hydrogens is 403 g/mol. The second kappa shape index (κ2) is 7.10. The highest BCUT2D eigenvalue weighted by atomic mass is 35.5. The highest BCUT2D eigenvalue weighted by Crippen LogP contribution is 2.34. The number of benzene rings is 1. The van der Waals surface area contributed by atoms with Crippen LogP contribution in [-0.4, -0.2) is 44.4 Å². The van der Waals surface area contributed by atoms with E-state index in [1.807, 2.05) is 23.5 Å². The predicted molar refractivity (Wildman–Crippen MR) is 107 cm³/mol. The number of hydrogen-bond acceptors (Lipinski definition) is 6. The van der Waals surface area contributed by atoms with Crippen molar-refractivity contribution in [2.24, 2.45) is 5.73 Å². The molecule has 1 aliphatic heterocycles. The molecule has 0 spiro atoms. The molecule has 1 saturated heterocycles. The first-order valence-corrected chi connectivity index (χ1v) is 9.51. The van der Waals surface area contributed by atoms with Crippen molar-refractivity contribution in [3.63, 3.8) is 0 Å². The number of piperidine rings is 1. The van der Waals surface area contributed by atoms with Gasteiger partial charge in [-0.1, -0.05) is 29.3 Å². The highest BCUT2D eigenvalue weighted by molar-refractivity contribution is 6.43. The number of fused-ring (bicyclic) bond motifs is 1. The van der Waals surface area contributed by atoms with Crippen LogP contribution in [0.25, 0.3) is 17.0 Å². The van der Waals surface area contributed by atoms with E-state index in [-0.39, 0.29) is 0 Å². The number of amides is 1. The first-order chi connectivity index (χ1) is 13.4. The fourth-order valence-electron chi connectivity index (χ4n) is 3.43. The molecule has 8 nitrogen and oxygen atoms in total. The molecule has 0 unspecified atom stereocenters. The zero-order chi connectivity index (χ0) is 19.9. The third-order valence-corrected chi connectivity index (χ3v) is 5.79. The third kappa shape index (κ3) is 3.33. The second-order valence-corrected chi connectivity index (χ2v) is 7.71. The Balaban J connectivity index is 1.67. The van der Waals surface area contributed by atoms with Crippen LogP contribution < -0.4 is 10.6 Å². The Morgan fingerprint density at radius 2 is 2.00 bits per heavy atom. The zero-order valence-corrected chi connectivity index (χ0v) is 16.6. The molecule has 1 amide bonds. The molecule has 4 rings (SSSR count). The molecule has 3 heterocycles. The van der Waals surface area contributed by atoms with Gasteiger partial charge in [-0.2, -0.15) is 0 Å². The summed E-state index contributed by atoms with van der Waals surface area (Å²) in [5, 5.41) is 9.51. The van der Waals surface area contributed by atoms with Crippen LogP contribution in [0.1, 0.15) is 19.8 Å². The van der Waals surface area contributed by atoms with E-state index in [0.717, 1.165) is 0 Å². The first-order valence-electron chi connectivity index (χ1n) is 8.75. The van der Waals surface area contributed by atoms with Crippen LogP contribution in [0.3, 0.4) is 0 Å². The lowest BCUT2D eigenvalue weighted by molar-refractivity contribution is 0.0126. The van der Waals surface area contributed by atoms with Crippen molar-refractivity contribution in [3.05, 3.63) is 40.6 Å². The van der Waals surface area contributed by atoms with Gasteiger partial charge < -0.3 is 15.4 Å². The maximum absolute atomic E-state index is 11.1. The van der Waals surface area contributed by atoms with E-state index in [1.54, 1.807) is 18.5 Å². The molecule has 0 saturated carbocycles. The highest BCUT2D eigenvalue weighted by Gasteiger charge is 2.34. The number of aromatic nitrogens is 4. The third-order valence-electron chi connectivity index (χ3n) is 4.97. The van der Waals surface area contributed by atoms with Crippen molar-refractivity contribution in [1.29, 1.82) is 0 Å². The predicted octanol–water partition coefficient (Wildman–Crippen LogP) is 3.55. The SMILES string of the molecule is CC1(OC(N)=O)CCN(c2nccn3c(-c4cccc(Cl)c4Cl)nnc23)CC1. The summed E-state index contributed by atoms with van der Waals surface area (Å²) in [6, 6.07) is 5.39. The molecule has 2 N–H and O–H groups in total. The quantitative estimate of drug-likeness (QED) is 0.695. The molecule has 1 aromatic carbocycles. The molecule has 0 aliphatic carbocycles. The van der Waals surface area contributed by atoms with Gasteiger partial charge in [0.2, 0.25) is 5.65 Å². The van der Waals surface area contributed by atoms with E-state index in [0.29, 0.717) is 58.8 Å². The van der Waals surface area contributed by atoms with Gasteiger partial charge in [-0.05, 0) is 19.1 Å². The summed E-state index contributed by atoms with van der Waals surface area (Å²) in [4.78, 5) is 17.7. The van der Waals surface area contributed by atoms with Crippen LogP contribution in [0.4, 0.5) is 10.6 Å². The Morgan fingerprint density at radius 3 is 2.71 bits per heavy atom. The fraction of sp³-hybridized carbons (Fsp3) is 0.333. The van der Waals surface area contributed by atoms with Crippen LogP contribution >= 0.6 is 23.2 Å². The summed E-state index contributed by atoms with van der Waals surface area (Å²) in [5.74, 6) is 1.30. The maximum atomic E-state index is 11.1. The number of ether oxygens (including phenoxy) is 1. The molecular formula is C18H18Cl2N6O2. The number of nitrogens with two attached hydrogens (primary N) is 1. The molecule has 28 heavy (non-hydrogen) atoms. The van der Waals surface area contributed by atoms with E-state index >= 15 is 0 Å². The molecule has 1 fully saturated rings. The second-order valence-electron chi connectivity index (χ2n) is 6.93. The first kappa shape index (κ1) is 18.8. The lowest BCUT2D eigenvalue weighted by Crippen LogP contribution is -2.46. The van der Waals surface area contributed by atoms with Gasteiger partial charge in [0.1, 0.15) is 5.60 Å². The van der Waals surface area contributed by atoms with Crippen LogP contribution in [0.15, 0.2) is 30.6 Å². The van der Waals surface area contributed by atoms with Crippen molar-refractivity contribution in [3.8, 4) is 11.4 Å². The van der Waals surface area contributed by atoms with Crippen molar-refractivity contribution in [1.82, 2.24) is 19.6 Å². The van der Waals surface area contributed by atoms with E-state index in [2.05, 4.69) is 20.1 Å². The average molecular weight is 421 g/mol. The van der Waals surface area contributed by atoms with E-state index < -0.39 is 11.7 Å². The van der Waals surface area contributed by atoms with Crippen LogP contribution in [-0.2, 0) is 4.74 Å². The lowest BCUT2D eigenvalue weighted by atomic mass is 9.93. The van der Waals surface area contributed by atoms with Crippen molar-refractivity contribution >= 4 is 40.8 Å². The standard InChI is InChI=1S/C18H18Cl2N6O2/c1-18(28-17(21)27)5-8-25(9-6-18)15-16-24-23-14(26(16)10-7-22-15)11-3-2-4-12(19)13(11)20/h2-4,7,10H,5-6,8-9H2,1H3,(H2,21,27). The van der Waals surface area contributed by atoms with Gasteiger partial charge in [0.25, 0.3) is 0 Å². The van der Waals surface area contributed by atoms with Crippen LogP contribution in [0.5, 0.6) is 0 Å². The maximum Gasteiger partial charge on any atom is 0.405 e. The minimum Gasteiger partial charge on any atom is -0.443 e. The van der Waals surface area contributed by atoms with Gasteiger partial charge in [-0.25, -0.2) is 9.78 Å². The number of primary amides is 1. The summed E-state index contributed by atoms with van der Waals surface area (Å²) < 4.78 is 7.11. The van der Waals surface area contributed by atoms with E-state index in [4.69, 9.17) is 33.7 Å². The summed E-state index contributed by atoms with van der Waals surface area (Å²) in [6.45, 7) is 3.19. The smallest absolute Gasteiger partial charge is 0.405 e. The Labute approximate surface area is 171 Å². The Kier molecular flexibility index (Phi) is 4.76. The van der Waals surface area contributed by atoms with Gasteiger partial charge in [0, 0.05) is 43.9 Å². The number of carbonyl (C=O) groups is 1. The summed E-state index contributed by atoms with van der Waals surface area (Å²) in [5.41, 5.74) is 5.92. The normalized spacial score (nSPS) is 16.3. The minimum absolute atomic E-state index is 0.425. The Morgan fingerprint density at radius 1 is 1.25 bits per heavy atom. The van der Waals surface area contributed by atoms with Gasteiger partial charge in [-0.15, -0.1) is 10.2 Å². The summed E-state index contributed by atoms with van der Waals surface area (Å²) in [6.07, 6.45) is 4.01. The molecule has 146 valence electrons. The van der Waals surface area contributed by atoms with E-state index in [1.165, 1.54) is 0 Å². The number of carbonyl (C=O) groups excluding carboxylic acids is 1. The molecule has 10 heteroatoms. The van der Waals surface area contributed by atoms with Crippen molar-refractivity contribution < 1.29 is 9.53 Å². The molecule has 2 aromatic heterocycles. The van der Waals surface area contributed by atoms with Crippen molar-refractivity contribution in [2.45, 2.75) is 25.4 Å². The number of halogens is 2. The van der Waals surface area contributed by atoms with Crippen molar-refractivity contribution in [2.75, 3.05) is 18.0 Å².